The first kappa shape index (κ1) is 13.2. The van der Waals surface area contributed by atoms with Crippen molar-refractivity contribution in [2.24, 2.45) is 0 Å². The van der Waals surface area contributed by atoms with Crippen LogP contribution in [0.3, 0.4) is 0 Å². The molecule has 3 atom stereocenters. The Balaban J connectivity index is 2.45. The van der Waals surface area contributed by atoms with Crippen LogP contribution >= 0.6 is 27.3 Å². The van der Waals surface area contributed by atoms with Crippen molar-refractivity contribution in [3.05, 3.63) is 20.8 Å². The summed E-state index contributed by atoms with van der Waals surface area (Å²) in [5.41, 5.74) is 0. The van der Waals surface area contributed by atoms with Crippen LogP contribution in [-0.4, -0.2) is 17.3 Å². The molecule has 1 heterocycles. The number of aliphatic hydroxyl groups is 1. The van der Waals surface area contributed by atoms with E-state index in [4.69, 9.17) is 0 Å². The highest BCUT2D eigenvalue weighted by atomic mass is 79.9. The molecule has 0 aliphatic carbocycles. The van der Waals surface area contributed by atoms with E-state index in [1.54, 1.807) is 11.3 Å². The van der Waals surface area contributed by atoms with Crippen LogP contribution in [0.5, 0.6) is 0 Å². The average Bonchev–Trinajstić information content (AvgIpc) is 2.49. The Hall–Kier alpha value is 0.1000. The van der Waals surface area contributed by atoms with Gasteiger partial charge in [-0.2, -0.15) is 0 Å². The smallest absolute Gasteiger partial charge is 0.0526 e. The summed E-state index contributed by atoms with van der Waals surface area (Å²) >= 11 is 5.20. The molecule has 0 aromatic carbocycles. The Labute approximate surface area is 104 Å². The predicted molar refractivity (Wildman–Crippen MR) is 69.3 cm³/mol. The van der Waals surface area contributed by atoms with Crippen molar-refractivity contribution in [3.8, 4) is 0 Å². The maximum absolute atomic E-state index is 9.27. The lowest BCUT2D eigenvalue weighted by Crippen LogP contribution is -2.31. The van der Waals surface area contributed by atoms with Gasteiger partial charge in [-0.1, -0.05) is 0 Å². The fourth-order valence-corrected chi connectivity index (χ4v) is 3.11. The van der Waals surface area contributed by atoms with Gasteiger partial charge in [-0.3, -0.25) is 0 Å². The summed E-state index contributed by atoms with van der Waals surface area (Å²) in [5, 5.41) is 14.8. The minimum atomic E-state index is -0.241. The quantitative estimate of drug-likeness (QED) is 0.872. The highest BCUT2D eigenvalue weighted by molar-refractivity contribution is 9.10. The molecular weight excluding hydrogens is 274 g/mol. The molecular formula is C11H18BrNOS. The van der Waals surface area contributed by atoms with E-state index in [9.17, 15) is 5.11 Å². The van der Waals surface area contributed by atoms with Crippen LogP contribution in [0.2, 0.25) is 0 Å². The van der Waals surface area contributed by atoms with Crippen molar-refractivity contribution in [1.82, 2.24) is 5.32 Å². The van der Waals surface area contributed by atoms with Crippen molar-refractivity contribution >= 4 is 27.3 Å². The van der Waals surface area contributed by atoms with Gasteiger partial charge in [-0.05, 0) is 49.2 Å². The Morgan fingerprint density at radius 2 is 2.13 bits per heavy atom. The number of aliphatic hydroxyl groups excluding tert-OH is 1. The maximum atomic E-state index is 9.27. The first-order valence-corrected chi connectivity index (χ1v) is 6.84. The third-order valence-electron chi connectivity index (χ3n) is 2.24. The number of halogens is 1. The SMILES string of the molecule is CC(O)CC(C)NC(C)c1cc(Br)cs1. The Kier molecular flexibility index (Phi) is 5.26. The second-order valence-corrected chi connectivity index (χ2v) is 5.90. The number of hydrogen-bond acceptors (Lipinski definition) is 3. The third kappa shape index (κ3) is 4.64. The second-order valence-electron chi connectivity index (χ2n) is 4.04. The highest BCUT2D eigenvalue weighted by Crippen LogP contribution is 2.25. The Morgan fingerprint density at radius 1 is 1.47 bits per heavy atom. The van der Waals surface area contributed by atoms with Crippen LogP contribution in [0, 0.1) is 0 Å². The number of rotatable bonds is 5. The largest absolute Gasteiger partial charge is 0.393 e. The van der Waals surface area contributed by atoms with Crippen molar-refractivity contribution in [3.63, 3.8) is 0 Å². The molecule has 15 heavy (non-hydrogen) atoms. The molecule has 1 aromatic heterocycles. The molecule has 1 rings (SSSR count). The monoisotopic (exact) mass is 291 g/mol. The lowest BCUT2D eigenvalue weighted by Gasteiger charge is -2.20. The van der Waals surface area contributed by atoms with E-state index in [1.807, 2.05) is 6.92 Å². The van der Waals surface area contributed by atoms with Crippen molar-refractivity contribution < 1.29 is 5.11 Å². The molecule has 0 radical (unpaired) electrons. The van der Waals surface area contributed by atoms with Crippen molar-refractivity contribution in [2.45, 2.75) is 45.4 Å². The molecule has 0 fully saturated rings. The van der Waals surface area contributed by atoms with Crippen LogP contribution < -0.4 is 5.32 Å². The summed E-state index contributed by atoms with van der Waals surface area (Å²) in [7, 11) is 0. The standard InChI is InChI=1S/C11H18BrNOS/c1-7(4-8(2)14)13-9(3)11-5-10(12)6-15-11/h5-9,13-14H,4H2,1-3H3. The highest BCUT2D eigenvalue weighted by Gasteiger charge is 2.12. The van der Waals surface area contributed by atoms with Gasteiger partial charge in [0.25, 0.3) is 0 Å². The van der Waals surface area contributed by atoms with Crippen molar-refractivity contribution in [2.75, 3.05) is 0 Å². The predicted octanol–water partition coefficient (Wildman–Crippen LogP) is 3.32. The zero-order valence-corrected chi connectivity index (χ0v) is 11.7. The van der Waals surface area contributed by atoms with Gasteiger partial charge in [0.1, 0.15) is 0 Å². The van der Waals surface area contributed by atoms with Gasteiger partial charge in [0.15, 0.2) is 0 Å². The van der Waals surface area contributed by atoms with Gasteiger partial charge in [0, 0.05) is 26.8 Å². The topological polar surface area (TPSA) is 32.3 Å². The molecule has 0 spiro atoms. The van der Waals surface area contributed by atoms with Gasteiger partial charge < -0.3 is 10.4 Å². The summed E-state index contributed by atoms with van der Waals surface area (Å²) in [6.45, 7) is 6.08. The molecule has 0 aliphatic heterocycles. The summed E-state index contributed by atoms with van der Waals surface area (Å²) in [6.07, 6.45) is 0.548. The van der Waals surface area contributed by atoms with Gasteiger partial charge in [-0.25, -0.2) is 0 Å². The van der Waals surface area contributed by atoms with E-state index >= 15 is 0 Å². The summed E-state index contributed by atoms with van der Waals surface area (Å²) in [4.78, 5) is 1.32. The fraction of sp³-hybridized carbons (Fsp3) is 0.636. The van der Waals surface area contributed by atoms with E-state index in [1.165, 1.54) is 4.88 Å². The van der Waals surface area contributed by atoms with Gasteiger partial charge in [-0.15, -0.1) is 11.3 Å². The van der Waals surface area contributed by atoms with Crippen LogP contribution in [0.25, 0.3) is 0 Å². The van der Waals surface area contributed by atoms with Gasteiger partial charge in [0.05, 0.1) is 6.10 Å². The molecule has 0 aliphatic rings. The molecule has 86 valence electrons. The molecule has 4 heteroatoms. The molecule has 1 aromatic rings. The van der Waals surface area contributed by atoms with Gasteiger partial charge >= 0.3 is 0 Å². The maximum Gasteiger partial charge on any atom is 0.0526 e. The Morgan fingerprint density at radius 3 is 2.60 bits per heavy atom. The second kappa shape index (κ2) is 5.99. The lowest BCUT2D eigenvalue weighted by atomic mass is 10.1. The van der Waals surface area contributed by atoms with Gasteiger partial charge in [0.2, 0.25) is 0 Å². The molecule has 0 saturated heterocycles. The first-order chi connectivity index (χ1) is 6.99. The van der Waals surface area contributed by atoms with E-state index in [2.05, 4.69) is 46.5 Å². The van der Waals surface area contributed by atoms with E-state index in [0.717, 1.165) is 10.9 Å². The number of nitrogens with one attached hydrogen (secondary N) is 1. The molecule has 2 nitrogen and oxygen atoms in total. The zero-order chi connectivity index (χ0) is 11.4. The average molecular weight is 292 g/mol. The zero-order valence-electron chi connectivity index (χ0n) is 9.33. The minimum Gasteiger partial charge on any atom is -0.393 e. The van der Waals surface area contributed by atoms with E-state index in [-0.39, 0.29) is 6.10 Å². The summed E-state index contributed by atoms with van der Waals surface area (Å²) in [6, 6.07) is 2.81. The van der Waals surface area contributed by atoms with Crippen molar-refractivity contribution in [1.29, 1.82) is 0 Å². The normalized spacial score (nSPS) is 17.4. The van der Waals surface area contributed by atoms with Crippen LogP contribution in [0.4, 0.5) is 0 Å². The number of thiophene rings is 1. The molecule has 0 bridgehead atoms. The minimum absolute atomic E-state index is 0.241. The first-order valence-electron chi connectivity index (χ1n) is 5.17. The van der Waals surface area contributed by atoms with Crippen LogP contribution in [0.15, 0.2) is 15.9 Å². The van der Waals surface area contributed by atoms with Crippen LogP contribution in [-0.2, 0) is 0 Å². The summed E-state index contributed by atoms with van der Waals surface area (Å²) in [5.74, 6) is 0. The molecule has 0 amide bonds. The third-order valence-corrected chi connectivity index (χ3v) is 4.12. The molecule has 2 N–H and O–H groups in total. The van der Waals surface area contributed by atoms with E-state index in [0.29, 0.717) is 12.1 Å². The molecule has 3 unspecified atom stereocenters. The Bertz CT molecular complexity index is 301. The number of hydrogen-bond donors (Lipinski definition) is 2. The molecule has 0 saturated carbocycles. The van der Waals surface area contributed by atoms with Crippen LogP contribution in [0.1, 0.15) is 38.1 Å². The summed E-state index contributed by atoms with van der Waals surface area (Å²) < 4.78 is 1.14. The lowest BCUT2D eigenvalue weighted by molar-refractivity contribution is 0.168. The fourth-order valence-electron chi connectivity index (χ4n) is 1.64. The van der Waals surface area contributed by atoms with E-state index < -0.39 is 0 Å².